The maximum absolute atomic E-state index is 11.8. The second kappa shape index (κ2) is 4.04. The van der Waals surface area contributed by atoms with Gasteiger partial charge in [-0.1, -0.05) is 23.2 Å². The lowest BCUT2D eigenvalue weighted by atomic mass is 10.2. The van der Waals surface area contributed by atoms with Crippen molar-refractivity contribution >= 4 is 29.1 Å². The molecule has 76 valence electrons. The summed E-state index contributed by atoms with van der Waals surface area (Å²) in [6, 6.07) is 6.39. The smallest absolute Gasteiger partial charge is 0.267 e. The minimum Gasteiger partial charge on any atom is -0.267 e. The van der Waals surface area contributed by atoms with Gasteiger partial charge in [-0.15, -0.1) is 0 Å². The fraction of sp³-hybridized carbons (Fsp3) is 0. The molecule has 1 heterocycles. The molecule has 1 aromatic carbocycles. The van der Waals surface area contributed by atoms with Crippen LogP contribution < -0.4 is 0 Å². The molecule has 3 nitrogen and oxygen atoms in total. The highest BCUT2D eigenvalue weighted by atomic mass is 35.5. The minimum atomic E-state index is -0.237. The Morgan fingerprint density at radius 3 is 2.67 bits per heavy atom. The van der Waals surface area contributed by atoms with Crippen molar-refractivity contribution in [1.82, 2.24) is 9.78 Å². The largest absolute Gasteiger partial charge is 0.278 e. The van der Waals surface area contributed by atoms with E-state index in [9.17, 15) is 4.79 Å². The number of carbonyl (C=O) groups excluding carboxylic acids is 1. The Kier molecular flexibility index (Phi) is 2.75. The lowest BCUT2D eigenvalue weighted by Crippen LogP contribution is -2.12. The van der Waals surface area contributed by atoms with Gasteiger partial charge in [0.1, 0.15) is 0 Å². The Morgan fingerprint density at radius 2 is 2.07 bits per heavy atom. The van der Waals surface area contributed by atoms with Crippen LogP contribution in [-0.2, 0) is 0 Å². The first-order chi connectivity index (χ1) is 7.18. The van der Waals surface area contributed by atoms with E-state index >= 15 is 0 Å². The highest BCUT2D eigenvalue weighted by Crippen LogP contribution is 2.22. The first-order valence-corrected chi connectivity index (χ1v) is 4.93. The van der Waals surface area contributed by atoms with E-state index in [1.807, 2.05) is 0 Å². The van der Waals surface area contributed by atoms with E-state index in [0.717, 1.165) is 0 Å². The number of rotatable bonds is 1. The number of hydrogen-bond donors (Lipinski definition) is 0. The van der Waals surface area contributed by atoms with Gasteiger partial charge >= 0.3 is 0 Å². The van der Waals surface area contributed by atoms with Crippen LogP contribution in [0.1, 0.15) is 10.4 Å². The van der Waals surface area contributed by atoms with Gasteiger partial charge in [0, 0.05) is 18.0 Å². The number of benzene rings is 1. The number of nitrogens with zero attached hydrogens (tertiary/aromatic N) is 2. The van der Waals surface area contributed by atoms with Crippen LogP contribution in [-0.4, -0.2) is 15.7 Å². The van der Waals surface area contributed by atoms with E-state index in [2.05, 4.69) is 5.10 Å². The molecule has 2 rings (SSSR count). The maximum Gasteiger partial charge on any atom is 0.278 e. The summed E-state index contributed by atoms with van der Waals surface area (Å²) in [6.45, 7) is 0. The molecule has 15 heavy (non-hydrogen) atoms. The second-order valence-electron chi connectivity index (χ2n) is 2.88. The SMILES string of the molecule is O=C(c1ccc(Cl)c(Cl)c1)n1cccn1. The molecule has 0 aliphatic carbocycles. The lowest BCUT2D eigenvalue weighted by molar-refractivity contribution is 0.0945. The summed E-state index contributed by atoms with van der Waals surface area (Å²) in [7, 11) is 0. The number of hydrogen-bond acceptors (Lipinski definition) is 2. The zero-order chi connectivity index (χ0) is 10.8. The van der Waals surface area contributed by atoms with Crippen LogP contribution in [0.5, 0.6) is 0 Å². The molecule has 0 saturated heterocycles. The van der Waals surface area contributed by atoms with Crippen molar-refractivity contribution in [2.45, 2.75) is 0 Å². The summed E-state index contributed by atoms with van der Waals surface area (Å²) < 4.78 is 1.24. The zero-order valence-corrected chi connectivity index (χ0v) is 9.03. The Bertz CT molecular complexity index is 494. The third-order valence-electron chi connectivity index (χ3n) is 1.88. The fourth-order valence-corrected chi connectivity index (χ4v) is 1.45. The molecule has 0 atom stereocenters. The minimum absolute atomic E-state index is 0.237. The van der Waals surface area contributed by atoms with E-state index in [4.69, 9.17) is 23.2 Å². The highest BCUT2D eigenvalue weighted by Gasteiger charge is 2.09. The van der Waals surface area contributed by atoms with Gasteiger partial charge < -0.3 is 0 Å². The number of aromatic nitrogens is 2. The van der Waals surface area contributed by atoms with Gasteiger partial charge in [-0.3, -0.25) is 4.79 Å². The van der Waals surface area contributed by atoms with E-state index < -0.39 is 0 Å². The fourth-order valence-electron chi connectivity index (χ4n) is 1.15. The second-order valence-corrected chi connectivity index (χ2v) is 3.70. The van der Waals surface area contributed by atoms with Crippen molar-refractivity contribution in [3.8, 4) is 0 Å². The van der Waals surface area contributed by atoms with Crippen LogP contribution in [0.15, 0.2) is 36.7 Å². The van der Waals surface area contributed by atoms with Gasteiger partial charge in [0.15, 0.2) is 0 Å². The van der Waals surface area contributed by atoms with Crippen molar-refractivity contribution in [2.24, 2.45) is 0 Å². The molecule has 0 N–H and O–H groups in total. The topological polar surface area (TPSA) is 34.9 Å². The van der Waals surface area contributed by atoms with Crippen molar-refractivity contribution < 1.29 is 4.79 Å². The molecule has 0 aliphatic heterocycles. The molecular formula is C10H6Cl2N2O. The molecule has 0 spiro atoms. The van der Waals surface area contributed by atoms with Crippen LogP contribution in [0.3, 0.4) is 0 Å². The molecule has 0 fully saturated rings. The molecule has 2 aromatic rings. The predicted octanol–water partition coefficient (Wildman–Crippen LogP) is 2.88. The van der Waals surface area contributed by atoms with Crippen LogP contribution >= 0.6 is 23.2 Å². The van der Waals surface area contributed by atoms with Crippen molar-refractivity contribution in [1.29, 1.82) is 0 Å². The van der Waals surface area contributed by atoms with Crippen molar-refractivity contribution in [3.05, 3.63) is 52.3 Å². The molecule has 0 radical (unpaired) electrons. The zero-order valence-electron chi connectivity index (χ0n) is 7.52. The Balaban J connectivity index is 2.39. The van der Waals surface area contributed by atoms with Gasteiger partial charge in [-0.25, -0.2) is 4.68 Å². The summed E-state index contributed by atoms with van der Waals surface area (Å²) in [5.41, 5.74) is 0.452. The number of halogens is 2. The van der Waals surface area contributed by atoms with E-state index in [0.29, 0.717) is 15.6 Å². The average Bonchev–Trinajstić information content (AvgIpc) is 2.74. The van der Waals surface area contributed by atoms with Gasteiger partial charge in [-0.2, -0.15) is 5.10 Å². The van der Waals surface area contributed by atoms with Crippen molar-refractivity contribution in [3.63, 3.8) is 0 Å². The van der Waals surface area contributed by atoms with E-state index in [1.165, 1.54) is 16.9 Å². The average molecular weight is 241 g/mol. The lowest BCUT2D eigenvalue weighted by Gasteiger charge is -2.01. The predicted molar refractivity (Wildman–Crippen MR) is 58.4 cm³/mol. The van der Waals surface area contributed by atoms with Gasteiger partial charge in [-0.05, 0) is 24.3 Å². The molecule has 0 amide bonds. The molecule has 0 saturated carbocycles. The van der Waals surface area contributed by atoms with Gasteiger partial charge in [0.25, 0.3) is 5.91 Å². The quantitative estimate of drug-likeness (QED) is 0.769. The summed E-state index contributed by atoms with van der Waals surface area (Å²) >= 11 is 11.6. The molecule has 0 aliphatic rings. The summed E-state index contributed by atoms with van der Waals surface area (Å²) in [5.74, 6) is -0.237. The first-order valence-electron chi connectivity index (χ1n) is 4.18. The van der Waals surface area contributed by atoms with Crippen LogP contribution in [0.4, 0.5) is 0 Å². The third kappa shape index (κ3) is 2.03. The molecule has 0 unspecified atom stereocenters. The normalized spacial score (nSPS) is 10.3. The monoisotopic (exact) mass is 240 g/mol. The van der Waals surface area contributed by atoms with Crippen LogP contribution in [0.25, 0.3) is 0 Å². The number of carbonyl (C=O) groups is 1. The highest BCUT2D eigenvalue weighted by molar-refractivity contribution is 6.42. The maximum atomic E-state index is 11.8. The van der Waals surface area contributed by atoms with Gasteiger partial charge in [0.05, 0.1) is 10.0 Å². The van der Waals surface area contributed by atoms with Crippen molar-refractivity contribution in [2.75, 3.05) is 0 Å². The molecule has 5 heteroatoms. The summed E-state index contributed by atoms with van der Waals surface area (Å²) in [5, 5.41) is 4.62. The Morgan fingerprint density at radius 1 is 1.27 bits per heavy atom. The molecular weight excluding hydrogens is 235 g/mol. The summed E-state index contributed by atoms with van der Waals surface area (Å²) in [6.07, 6.45) is 3.11. The third-order valence-corrected chi connectivity index (χ3v) is 2.62. The van der Waals surface area contributed by atoms with E-state index in [-0.39, 0.29) is 5.91 Å². The van der Waals surface area contributed by atoms with Gasteiger partial charge in [0.2, 0.25) is 0 Å². The Labute approximate surface area is 96.2 Å². The van der Waals surface area contributed by atoms with E-state index in [1.54, 1.807) is 24.4 Å². The molecule has 1 aromatic heterocycles. The Hall–Kier alpha value is -1.32. The van der Waals surface area contributed by atoms with Crippen LogP contribution in [0, 0.1) is 0 Å². The van der Waals surface area contributed by atoms with Crippen LogP contribution in [0.2, 0.25) is 10.0 Å². The summed E-state index contributed by atoms with van der Waals surface area (Å²) in [4.78, 5) is 11.8. The first kappa shape index (κ1) is 10.2. The molecule has 0 bridgehead atoms. The standard InChI is InChI=1S/C10H6Cl2N2O/c11-8-3-2-7(6-9(8)12)10(15)14-5-1-4-13-14/h1-6H.